The van der Waals surface area contributed by atoms with Crippen LogP contribution in [0.2, 0.25) is 0 Å². The SMILES string of the molecule is O=C(Nc1ccc(-c2nccs2)cc1)c1ccc(C(F)(F)F)cc1. The Bertz CT molecular complexity index is 826. The fraction of sp³-hybridized carbons (Fsp3) is 0.0588. The smallest absolute Gasteiger partial charge is 0.322 e. The summed E-state index contributed by atoms with van der Waals surface area (Å²) in [6.07, 6.45) is -2.71. The van der Waals surface area contributed by atoms with E-state index in [1.54, 1.807) is 18.3 Å². The molecule has 122 valence electrons. The van der Waals surface area contributed by atoms with Crippen molar-refractivity contribution in [3.63, 3.8) is 0 Å². The molecule has 1 aromatic heterocycles. The maximum absolute atomic E-state index is 12.5. The lowest BCUT2D eigenvalue weighted by molar-refractivity contribution is -0.137. The molecule has 0 spiro atoms. The highest BCUT2D eigenvalue weighted by molar-refractivity contribution is 7.13. The highest BCUT2D eigenvalue weighted by atomic mass is 32.1. The lowest BCUT2D eigenvalue weighted by Gasteiger charge is -2.08. The number of hydrogen-bond acceptors (Lipinski definition) is 3. The highest BCUT2D eigenvalue weighted by Crippen LogP contribution is 2.29. The van der Waals surface area contributed by atoms with E-state index in [9.17, 15) is 18.0 Å². The number of benzene rings is 2. The Hall–Kier alpha value is -2.67. The topological polar surface area (TPSA) is 42.0 Å². The van der Waals surface area contributed by atoms with Crippen molar-refractivity contribution in [1.29, 1.82) is 0 Å². The molecule has 0 aliphatic heterocycles. The number of anilines is 1. The Kier molecular flexibility index (Phi) is 4.35. The second-order valence-corrected chi connectivity index (χ2v) is 5.84. The van der Waals surface area contributed by atoms with E-state index in [1.807, 2.05) is 17.5 Å². The largest absolute Gasteiger partial charge is 0.416 e. The van der Waals surface area contributed by atoms with E-state index in [4.69, 9.17) is 0 Å². The normalized spacial score (nSPS) is 11.3. The minimum Gasteiger partial charge on any atom is -0.322 e. The van der Waals surface area contributed by atoms with Gasteiger partial charge in [0.15, 0.2) is 0 Å². The number of hydrogen-bond donors (Lipinski definition) is 1. The zero-order chi connectivity index (χ0) is 17.2. The third-order valence-corrected chi connectivity index (χ3v) is 4.12. The molecule has 0 fully saturated rings. The van der Waals surface area contributed by atoms with E-state index in [-0.39, 0.29) is 5.56 Å². The molecular weight excluding hydrogens is 337 g/mol. The summed E-state index contributed by atoms with van der Waals surface area (Å²) in [4.78, 5) is 16.3. The van der Waals surface area contributed by atoms with Crippen molar-refractivity contribution in [2.45, 2.75) is 6.18 Å². The maximum Gasteiger partial charge on any atom is 0.416 e. The van der Waals surface area contributed by atoms with Gasteiger partial charge >= 0.3 is 6.18 Å². The van der Waals surface area contributed by atoms with Crippen LogP contribution in [0.3, 0.4) is 0 Å². The molecule has 0 radical (unpaired) electrons. The number of alkyl halides is 3. The Labute approximate surface area is 139 Å². The van der Waals surface area contributed by atoms with Crippen LogP contribution in [-0.2, 0) is 6.18 Å². The van der Waals surface area contributed by atoms with Crippen molar-refractivity contribution >= 4 is 22.9 Å². The molecule has 2 aromatic carbocycles. The van der Waals surface area contributed by atoms with Gasteiger partial charge < -0.3 is 5.32 Å². The van der Waals surface area contributed by atoms with Gasteiger partial charge in [-0.25, -0.2) is 4.98 Å². The summed E-state index contributed by atoms with van der Waals surface area (Å²) in [6.45, 7) is 0. The summed E-state index contributed by atoms with van der Waals surface area (Å²) < 4.78 is 37.6. The van der Waals surface area contributed by atoms with Gasteiger partial charge in [0, 0.05) is 28.4 Å². The number of halogens is 3. The van der Waals surface area contributed by atoms with Gasteiger partial charge in [-0.1, -0.05) is 0 Å². The molecule has 1 N–H and O–H groups in total. The van der Waals surface area contributed by atoms with Gasteiger partial charge in [-0.3, -0.25) is 4.79 Å². The van der Waals surface area contributed by atoms with Crippen molar-refractivity contribution in [1.82, 2.24) is 4.98 Å². The minimum absolute atomic E-state index is 0.159. The van der Waals surface area contributed by atoms with Crippen molar-refractivity contribution in [2.24, 2.45) is 0 Å². The third kappa shape index (κ3) is 3.62. The predicted octanol–water partition coefficient (Wildman–Crippen LogP) is 5.08. The van der Waals surface area contributed by atoms with Crippen molar-refractivity contribution in [2.75, 3.05) is 5.32 Å². The van der Waals surface area contributed by atoms with Crippen LogP contribution in [0.15, 0.2) is 60.1 Å². The van der Waals surface area contributed by atoms with E-state index < -0.39 is 17.6 Å². The zero-order valence-electron chi connectivity index (χ0n) is 12.2. The Morgan fingerprint density at radius 1 is 1.00 bits per heavy atom. The van der Waals surface area contributed by atoms with E-state index in [0.717, 1.165) is 34.8 Å². The van der Waals surface area contributed by atoms with Crippen LogP contribution in [0.4, 0.5) is 18.9 Å². The minimum atomic E-state index is -4.42. The van der Waals surface area contributed by atoms with Crippen LogP contribution in [0.25, 0.3) is 10.6 Å². The van der Waals surface area contributed by atoms with Gasteiger partial charge in [0.25, 0.3) is 5.91 Å². The molecule has 0 aliphatic carbocycles. The zero-order valence-corrected chi connectivity index (χ0v) is 13.0. The van der Waals surface area contributed by atoms with Crippen LogP contribution in [0.1, 0.15) is 15.9 Å². The summed E-state index contributed by atoms with van der Waals surface area (Å²) in [6, 6.07) is 11.2. The van der Waals surface area contributed by atoms with E-state index in [0.29, 0.717) is 5.69 Å². The number of rotatable bonds is 3. The van der Waals surface area contributed by atoms with Crippen LogP contribution in [0, 0.1) is 0 Å². The molecule has 3 nitrogen and oxygen atoms in total. The summed E-state index contributed by atoms with van der Waals surface area (Å²) >= 11 is 1.51. The summed E-state index contributed by atoms with van der Waals surface area (Å²) in [7, 11) is 0. The number of carbonyl (C=O) groups excluding carboxylic acids is 1. The molecule has 0 atom stereocenters. The first-order valence-electron chi connectivity index (χ1n) is 6.92. The first-order chi connectivity index (χ1) is 11.4. The first-order valence-corrected chi connectivity index (χ1v) is 7.80. The molecule has 0 aliphatic rings. The molecule has 0 bridgehead atoms. The summed E-state index contributed by atoms with van der Waals surface area (Å²) in [5.41, 5.74) is 0.858. The van der Waals surface area contributed by atoms with Crippen LogP contribution in [-0.4, -0.2) is 10.9 Å². The average molecular weight is 348 g/mol. The molecule has 7 heteroatoms. The van der Waals surface area contributed by atoms with Gasteiger partial charge in [-0.15, -0.1) is 11.3 Å². The Morgan fingerprint density at radius 2 is 1.67 bits per heavy atom. The number of thiazole rings is 1. The second-order valence-electron chi connectivity index (χ2n) is 4.94. The number of amides is 1. The monoisotopic (exact) mass is 348 g/mol. The number of carbonyl (C=O) groups is 1. The standard InChI is InChI=1S/C17H11F3N2OS/c18-17(19,20)13-5-1-11(2-6-13)15(23)22-14-7-3-12(4-8-14)16-21-9-10-24-16/h1-10H,(H,22,23). The predicted molar refractivity (Wildman–Crippen MR) is 86.9 cm³/mol. The molecule has 1 amide bonds. The fourth-order valence-electron chi connectivity index (χ4n) is 2.08. The molecule has 0 unspecified atom stereocenters. The molecule has 1 heterocycles. The van der Waals surface area contributed by atoms with E-state index >= 15 is 0 Å². The molecule has 24 heavy (non-hydrogen) atoms. The van der Waals surface area contributed by atoms with Crippen LogP contribution in [0.5, 0.6) is 0 Å². The Morgan fingerprint density at radius 3 is 2.21 bits per heavy atom. The third-order valence-electron chi connectivity index (χ3n) is 3.30. The van der Waals surface area contributed by atoms with Gasteiger partial charge in [0.1, 0.15) is 5.01 Å². The van der Waals surface area contributed by atoms with Gasteiger partial charge in [-0.2, -0.15) is 13.2 Å². The second kappa shape index (κ2) is 6.45. The summed E-state index contributed by atoms with van der Waals surface area (Å²) in [5, 5.41) is 5.39. The van der Waals surface area contributed by atoms with Crippen LogP contribution < -0.4 is 5.32 Å². The van der Waals surface area contributed by atoms with Crippen LogP contribution >= 0.6 is 11.3 Å². The first kappa shape index (κ1) is 16.2. The van der Waals surface area contributed by atoms with Gasteiger partial charge in [-0.05, 0) is 48.5 Å². The molecule has 3 rings (SSSR count). The van der Waals surface area contributed by atoms with Crippen molar-refractivity contribution < 1.29 is 18.0 Å². The highest BCUT2D eigenvalue weighted by Gasteiger charge is 2.30. The van der Waals surface area contributed by atoms with Gasteiger partial charge in [0.2, 0.25) is 0 Å². The lowest BCUT2D eigenvalue weighted by Crippen LogP contribution is -2.12. The fourth-order valence-corrected chi connectivity index (χ4v) is 2.72. The summed E-state index contributed by atoms with van der Waals surface area (Å²) in [5.74, 6) is -0.467. The molecule has 3 aromatic rings. The Balaban J connectivity index is 1.70. The molecule has 0 saturated heterocycles. The number of aromatic nitrogens is 1. The average Bonchev–Trinajstić information content (AvgIpc) is 3.09. The molecular formula is C17H11F3N2OS. The quantitative estimate of drug-likeness (QED) is 0.717. The van der Waals surface area contributed by atoms with Crippen molar-refractivity contribution in [3.05, 3.63) is 71.2 Å². The maximum atomic E-state index is 12.5. The lowest BCUT2D eigenvalue weighted by atomic mass is 10.1. The van der Waals surface area contributed by atoms with E-state index in [1.165, 1.54) is 11.3 Å². The van der Waals surface area contributed by atoms with Crippen molar-refractivity contribution in [3.8, 4) is 10.6 Å². The van der Waals surface area contributed by atoms with E-state index in [2.05, 4.69) is 10.3 Å². The number of nitrogens with zero attached hydrogens (tertiary/aromatic N) is 1. The molecule has 0 saturated carbocycles. The van der Waals surface area contributed by atoms with Gasteiger partial charge in [0.05, 0.1) is 5.56 Å². The number of nitrogens with one attached hydrogen (secondary N) is 1.